The summed E-state index contributed by atoms with van der Waals surface area (Å²) in [5, 5.41) is 11.7. The van der Waals surface area contributed by atoms with Crippen LogP contribution in [0.3, 0.4) is 0 Å². The van der Waals surface area contributed by atoms with Crippen molar-refractivity contribution in [2.75, 3.05) is 32.8 Å². The van der Waals surface area contributed by atoms with Gasteiger partial charge in [-0.15, -0.1) is 12.4 Å². The number of piperazine rings is 1. The summed E-state index contributed by atoms with van der Waals surface area (Å²) in [4.78, 5) is 0.813. The molecule has 0 spiro atoms. The molecule has 0 radical (unpaired) electrons. The van der Waals surface area contributed by atoms with Crippen LogP contribution in [-0.4, -0.2) is 48.7 Å². The Kier molecular flexibility index (Phi) is 7.65. The molecule has 0 aromatic heterocycles. The van der Waals surface area contributed by atoms with Crippen LogP contribution < -0.4 is 5.32 Å². The number of rotatable bonds is 4. The van der Waals surface area contributed by atoms with Crippen LogP contribution in [0.25, 0.3) is 0 Å². The Balaban J connectivity index is 0.00000392. The van der Waals surface area contributed by atoms with E-state index in [1.54, 1.807) is 0 Å². The summed E-state index contributed by atoms with van der Waals surface area (Å²) >= 11 is 0. The van der Waals surface area contributed by atoms with Crippen LogP contribution >= 0.6 is 12.4 Å². The first-order chi connectivity index (χ1) is 12.3. The summed E-state index contributed by atoms with van der Waals surface area (Å²) in [6.45, 7) is -2.13. The number of alkyl halides is 8. The van der Waals surface area contributed by atoms with E-state index in [2.05, 4.69) is 5.32 Å². The highest BCUT2D eigenvalue weighted by Crippen LogP contribution is 2.46. The first-order valence-corrected chi connectivity index (χ1v) is 7.70. The molecule has 13 heteroatoms. The highest BCUT2D eigenvalue weighted by atomic mass is 35.5. The van der Waals surface area contributed by atoms with Gasteiger partial charge in [0.2, 0.25) is 0 Å². The molecule has 0 saturated carbocycles. The zero-order valence-electron chi connectivity index (χ0n) is 14.0. The zero-order chi connectivity index (χ0) is 20.6. The summed E-state index contributed by atoms with van der Waals surface area (Å²) in [5.74, 6) is -6.29. The van der Waals surface area contributed by atoms with E-state index in [-0.39, 0.29) is 50.7 Å². The van der Waals surface area contributed by atoms with Crippen LogP contribution in [0, 0.1) is 5.82 Å². The van der Waals surface area contributed by atoms with E-state index in [4.69, 9.17) is 5.11 Å². The molecule has 1 aliphatic heterocycles. The molecule has 0 unspecified atom stereocenters. The van der Waals surface area contributed by atoms with Crippen LogP contribution in [-0.2, 0) is 12.4 Å². The molecular formula is C15H16ClF9N2O. The van der Waals surface area contributed by atoms with Crippen LogP contribution in [0.1, 0.15) is 22.7 Å². The Morgan fingerprint density at radius 3 is 1.93 bits per heavy atom. The molecule has 1 saturated heterocycles. The summed E-state index contributed by atoms with van der Waals surface area (Å²) in [6.07, 6.45) is -10.8. The highest BCUT2D eigenvalue weighted by molar-refractivity contribution is 5.85. The van der Waals surface area contributed by atoms with E-state index < -0.39 is 53.4 Å². The first-order valence-electron chi connectivity index (χ1n) is 7.70. The monoisotopic (exact) mass is 446 g/mol. The third-order valence-electron chi connectivity index (χ3n) is 4.16. The van der Waals surface area contributed by atoms with Crippen molar-refractivity contribution >= 4 is 12.4 Å². The Labute approximate surface area is 159 Å². The molecule has 28 heavy (non-hydrogen) atoms. The van der Waals surface area contributed by atoms with Gasteiger partial charge < -0.3 is 10.4 Å². The summed E-state index contributed by atoms with van der Waals surface area (Å²) in [5.41, 5.74) is -5.70. The topological polar surface area (TPSA) is 35.5 Å². The minimum absolute atomic E-state index is 0. The lowest BCUT2D eigenvalue weighted by atomic mass is 9.91. The molecule has 1 aromatic carbocycles. The minimum atomic E-state index is -5.52. The lowest BCUT2D eigenvalue weighted by Crippen LogP contribution is -2.51. The van der Waals surface area contributed by atoms with Crippen molar-refractivity contribution in [1.29, 1.82) is 0 Å². The van der Waals surface area contributed by atoms with Crippen molar-refractivity contribution in [3.05, 3.63) is 34.6 Å². The molecular weight excluding hydrogens is 431 g/mol. The number of hydrogen-bond donors (Lipinski definition) is 2. The fourth-order valence-corrected chi connectivity index (χ4v) is 2.98. The molecule has 162 valence electrons. The largest absolute Gasteiger partial charge is 0.416 e. The quantitative estimate of drug-likeness (QED) is 0.690. The van der Waals surface area contributed by atoms with Crippen LogP contribution in [0.15, 0.2) is 12.1 Å². The smallest absolute Gasteiger partial charge is 0.390 e. The Morgan fingerprint density at radius 1 is 0.964 bits per heavy atom. The van der Waals surface area contributed by atoms with Gasteiger partial charge in [0.25, 0.3) is 5.92 Å². The molecule has 0 bridgehead atoms. The Morgan fingerprint density at radius 2 is 1.50 bits per heavy atom. The first kappa shape index (κ1) is 24.8. The third kappa shape index (κ3) is 5.22. The van der Waals surface area contributed by atoms with E-state index in [0.29, 0.717) is 0 Å². The number of benzene rings is 1. The van der Waals surface area contributed by atoms with Crippen LogP contribution in [0.2, 0.25) is 0 Å². The summed E-state index contributed by atoms with van der Waals surface area (Å²) in [6, 6.07) is -3.21. The lowest BCUT2D eigenvalue weighted by Gasteiger charge is -2.39. The predicted octanol–water partition coefficient (Wildman–Crippen LogP) is 3.86. The maximum atomic E-state index is 14.4. The summed E-state index contributed by atoms with van der Waals surface area (Å²) in [7, 11) is 0. The average Bonchev–Trinajstić information content (AvgIpc) is 2.55. The van der Waals surface area contributed by atoms with Crippen molar-refractivity contribution in [1.82, 2.24) is 10.2 Å². The lowest BCUT2D eigenvalue weighted by molar-refractivity contribution is -0.148. The third-order valence-corrected chi connectivity index (χ3v) is 4.16. The molecule has 1 heterocycles. The maximum absolute atomic E-state index is 14.4. The van der Waals surface area contributed by atoms with Gasteiger partial charge in [-0.1, -0.05) is 0 Å². The normalized spacial score (nSPS) is 17.9. The van der Waals surface area contributed by atoms with Crippen molar-refractivity contribution in [2.24, 2.45) is 0 Å². The number of nitrogens with zero attached hydrogens (tertiary/aromatic N) is 1. The molecule has 0 amide bonds. The van der Waals surface area contributed by atoms with Crippen molar-refractivity contribution < 1.29 is 44.6 Å². The van der Waals surface area contributed by atoms with Crippen molar-refractivity contribution in [3.8, 4) is 0 Å². The number of halogens is 10. The Bertz CT molecular complexity index is 673. The second kappa shape index (κ2) is 8.64. The number of aliphatic hydroxyl groups is 1. The highest BCUT2D eigenvalue weighted by Gasteiger charge is 2.50. The maximum Gasteiger partial charge on any atom is 0.416 e. The number of nitrogens with one attached hydrogen (secondary N) is 1. The molecule has 2 rings (SSSR count). The molecule has 1 atom stereocenters. The average molecular weight is 447 g/mol. The second-order valence-corrected chi connectivity index (χ2v) is 6.02. The molecule has 0 aliphatic carbocycles. The van der Waals surface area contributed by atoms with Gasteiger partial charge in [0.1, 0.15) is 18.5 Å². The summed E-state index contributed by atoms with van der Waals surface area (Å²) < 4.78 is 121. The number of hydrogen-bond acceptors (Lipinski definition) is 3. The molecule has 1 aromatic rings. The SMILES string of the molecule is Cl.OCC(F)(F)[C@@H](c1c(F)cc(C(F)(F)F)cc1C(F)(F)F)N1CCNCC1. The molecule has 3 nitrogen and oxygen atoms in total. The van der Waals surface area contributed by atoms with Gasteiger partial charge in [0.05, 0.1) is 11.1 Å². The zero-order valence-corrected chi connectivity index (χ0v) is 14.8. The van der Waals surface area contributed by atoms with Gasteiger partial charge >= 0.3 is 12.4 Å². The molecule has 2 N–H and O–H groups in total. The Hall–Kier alpha value is -1.24. The van der Waals surface area contributed by atoms with E-state index in [9.17, 15) is 39.5 Å². The molecule has 1 fully saturated rings. The van der Waals surface area contributed by atoms with Gasteiger partial charge in [-0.2, -0.15) is 26.3 Å². The number of aliphatic hydroxyl groups excluding tert-OH is 1. The van der Waals surface area contributed by atoms with E-state index in [1.807, 2.05) is 0 Å². The van der Waals surface area contributed by atoms with E-state index >= 15 is 0 Å². The van der Waals surface area contributed by atoms with Gasteiger partial charge in [0, 0.05) is 31.7 Å². The van der Waals surface area contributed by atoms with Gasteiger partial charge in [0.15, 0.2) is 0 Å². The molecule has 1 aliphatic rings. The van der Waals surface area contributed by atoms with Crippen molar-refractivity contribution in [3.63, 3.8) is 0 Å². The van der Waals surface area contributed by atoms with E-state index in [0.717, 1.165) is 4.90 Å². The van der Waals surface area contributed by atoms with Gasteiger partial charge in [-0.25, -0.2) is 13.2 Å². The van der Waals surface area contributed by atoms with Crippen LogP contribution in [0.4, 0.5) is 39.5 Å². The van der Waals surface area contributed by atoms with Crippen molar-refractivity contribution in [2.45, 2.75) is 24.3 Å². The predicted molar refractivity (Wildman–Crippen MR) is 82.9 cm³/mol. The van der Waals surface area contributed by atoms with Gasteiger partial charge in [-0.3, -0.25) is 4.90 Å². The fraction of sp³-hybridized carbons (Fsp3) is 0.600. The minimum Gasteiger partial charge on any atom is -0.390 e. The second-order valence-electron chi connectivity index (χ2n) is 6.02. The van der Waals surface area contributed by atoms with Gasteiger partial charge in [-0.05, 0) is 12.1 Å². The fourth-order valence-electron chi connectivity index (χ4n) is 2.98. The van der Waals surface area contributed by atoms with E-state index in [1.165, 1.54) is 0 Å². The standard InChI is InChI=1S/C15H15F9N2O.ClH/c16-10-6-8(14(19,20)21)5-9(15(22,23)24)11(10)12(13(17,18)7-27)26-3-1-25-2-4-26;/h5-6,12,25,27H,1-4,7H2;1H/t12-;/m1./s1. The van der Waals surface area contributed by atoms with Crippen LogP contribution in [0.5, 0.6) is 0 Å².